The molecule has 0 saturated heterocycles. The molecule has 0 saturated carbocycles. The van der Waals surface area contributed by atoms with E-state index in [1.165, 1.54) is 30.2 Å². The van der Waals surface area contributed by atoms with Crippen molar-refractivity contribution in [2.75, 3.05) is 11.9 Å². The van der Waals surface area contributed by atoms with Crippen LogP contribution in [0.4, 0.5) is 19.4 Å². The molecule has 0 unspecified atom stereocenters. The highest BCUT2D eigenvalue weighted by molar-refractivity contribution is 5.95. The molecule has 0 spiro atoms. The van der Waals surface area contributed by atoms with Gasteiger partial charge in [-0.05, 0) is 6.07 Å². The summed E-state index contributed by atoms with van der Waals surface area (Å²) < 4.78 is 27.7. The number of anilines is 1. The van der Waals surface area contributed by atoms with Crippen molar-refractivity contribution in [2.45, 2.75) is 12.8 Å². The Morgan fingerprint density at radius 3 is 2.73 bits per heavy atom. The predicted octanol–water partition coefficient (Wildman–Crippen LogP) is 1.08. The third-order valence-corrected chi connectivity index (χ3v) is 2.62. The molecule has 0 aliphatic rings. The maximum absolute atomic E-state index is 12.7. The zero-order valence-corrected chi connectivity index (χ0v) is 11.9. The van der Waals surface area contributed by atoms with Crippen LogP contribution in [-0.2, 0) is 7.05 Å². The molecule has 2 rings (SSSR count). The van der Waals surface area contributed by atoms with Gasteiger partial charge in [-0.25, -0.2) is 13.6 Å². The number of halogens is 2. The number of amides is 2. The molecule has 8 nitrogen and oxygen atoms in total. The van der Waals surface area contributed by atoms with Gasteiger partial charge in [-0.3, -0.25) is 14.8 Å². The normalized spacial score (nSPS) is 11.3. The van der Waals surface area contributed by atoms with Crippen molar-refractivity contribution < 1.29 is 18.4 Å². The second-order valence-corrected chi connectivity index (χ2v) is 4.67. The molecular formula is C12H14F2N6O2. The van der Waals surface area contributed by atoms with Crippen LogP contribution in [0.5, 0.6) is 0 Å². The third-order valence-electron chi connectivity index (χ3n) is 2.62. The minimum atomic E-state index is -3.01. The third kappa shape index (κ3) is 3.87. The number of aryl methyl sites for hydroxylation is 1. The fourth-order valence-electron chi connectivity index (χ4n) is 1.62. The molecule has 2 amide bonds. The summed E-state index contributed by atoms with van der Waals surface area (Å²) in [5.41, 5.74) is 0.0417. The van der Waals surface area contributed by atoms with Gasteiger partial charge in [0.05, 0.1) is 6.54 Å². The standard InChI is InChI=1S/C12H14F2N6O2/c1-12(13,14)7-15-10(21)8-6-9(18-19(8)2)17-11(22)20-5-3-4-16-20/h3-6H,7H2,1-2H3,(H,15,21)(H,17,18,22). The van der Waals surface area contributed by atoms with E-state index in [-0.39, 0.29) is 11.5 Å². The Kier molecular flexibility index (Phi) is 4.20. The van der Waals surface area contributed by atoms with E-state index in [9.17, 15) is 18.4 Å². The maximum Gasteiger partial charge on any atom is 0.347 e. The number of aromatic nitrogens is 4. The van der Waals surface area contributed by atoms with Crippen molar-refractivity contribution in [2.24, 2.45) is 7.05 Å². The lowest BCUT2D eigenvalue weighted by Gasteiger charge is -2.10. The molecule has 0 aromatic carbocycles. The quantitative estimate of drug-likeness (QED) is 0.883. The molecule has 2 heterocycles. The Morgan fingerprint density at radius 1 is 1.41 bits per heavy atom. The van der Waals surface area contributed by atoms with E-state index < -0.39 is 24.4 Å². The van der Waals surface area contributed by atoms with Crippen molar-refractivity contribution in [1.82, 2.24) is 24.9 Å². The van der Waals surface area contributed by atoms with E-state index in [1.54, 1.807) is 6.07 Å². The molecular weight excluding hydrogens is 298 g/mol. The number of carbonyl (C=O) groups excluding carboxylic acids is 2. The number of rotatable bonds is 4. The van der Waals surface area contributed by atoms with Gasteiger partial charge in [0.25, 0.3) is 11.8 Å². The van der Waals surface area contributed by atoms with Crippen molar-refractivity contribution in [1.29, 1.82) is 0 Å². The molecule has 2 aromatic rings. The van der Waals surface area contributed by atoms with E-state index in [4.69, 9.17) is 0 Å². The van der Waals surface area contributed by atoms with Crippen molar-refractivity contribution in [3.63, 3.8) is 0 Å². The van der Waals surface area contributed by atoms with Gasteiger partial charge in [-0.2, -0.15) is 14.9 Å². The zero-order chi connectivity index (χ0) is 16.3. The van der Waals surface area contributed by atoms with Gasteiger partial charge in [0.15, 0.2) is 5.82 Å². The first-order valence-corrected chi connectivity index (χ1v) is 6.27. The van der Waals surface area contributed by atoms with Crippen molar-refractivity contribution in [3.05, 3.63) is 30.2 Å². The van der Waals surface area contributed by atoms with E-state index >= 15 is 0 Å². The number of nitrogens with one attached hydrogen (secondary N) is 2. The number of carbonyl (C=O) groups is 2. The number of alkyl halides is 2. The van der Waals surface area contributed by atoms with Crippen LogP contribution < -0.4 is 10.6 Å². The smallest absolute Gasteiger partial charge is 0.345 e. The highest BCUT2D eigenvalue weighted by atomic mass is 19.3. The Bertz CT molecular complexity index is 674. The first-order chi connectivity index (χ1) is 10.3. The molecule has 0 aliphatic heterocycles. The molecule has 0 radical (unpaired) electrons. The molecule has 2 N–H and O–H groups in total. The van der Waals surface area contributed by atoms with E-state index in [0.717, 1.165) is 4.68 Å². The maximum atomic E-state index is 12.7. The summed E-state index contributed by atoms with van der Waals surface area (Å²) in [6, 6.07) is 2.29. The van der Waals surface area contributed by atoms with Crippen molar-refractivity contribution in [3.8, 4) is 0 Å². The zero-order valence-electron chi connectivity index (χ0n) is 11.9. The molecule has 0 bridgehead atoms. The average Bonchev–Trinajstić information content (AvgIpc) is 3.04. The molecule has 0 aliphatic carbocycles. The summed E-state index contributed by atoms with van der Waals surface area (Å²) >= 11 is 0. The molecule has 2 aromatic heterocycles. The lowest BCUT2D eigenvalue weighted by Crippen LogP contribution is -2.35. The molecule has 0 fully saturated rings. The van der Waals surface area contributed by atoms with Crippen LogP contribution in [0.15, 0.2) is 24.5 Å². The minimum absolute atomic E-state index is 0.0417. The van der Waals surface area contributed by atoms with Gasteiger partial charge in [0.2, 0.25) is 0 Å². The molecule has 118 valence electrons. The van der Waals surface area contributed by atoms with Gasteiger partial charge >= 0.3 is 6.03 Å². The first-order valence-electron chi connectivity index (χ1n) is 6.27. The topological polar surface area (TPSA) is 93.8 Å². The summed E-state index contributed by atoms with van der Waals surface area (Å²) in [4.78, 5) is 23.6. The van der Waals surface area contributed by atoms with Crippen LogP contribution in [-0.4, -0.2) is 44.0 Å². The van der Waals surface area contributed by atoms with Gasteiger partial charge in [-0.15, -0.1) is 0 Å². The fourth-order valence-corrected chi connectivity index (χ4v) is 1.62. The predicted molar refractivity (Wildman–Crippen MR) is 72.8 cm³/mol. The minimum Gasteiger partial charge on any atom is -0.345 e. The van der Waals surface area contributed by atoms with Crippen LogP contribution in [0.1, 0.15) is 17.4 Å². The van der Waals surface area contributed by atoms with E-state index in [0.29, 0.717) is 6.92 Å². The van der Waals surface area contributed by atoms with Gasteiger partial charge in [0.1, 0.15) is 5.69 Å². The van der Waals surface area contributed by atoms with Gasteiger partial charge in [-0.1, -0.05) is 0 Å². The van der Waals surface area contributed by atoms with Crippen LogP contribution in [0.3, 0.4) is 0 Å². The SMILES string of the molecule is Cn1nc(NC(=O)n2cccn2)cc1C(=O)NCC(C)(F)F. The molecule has 0 atom stereocenters. The Morgan fingerprint density at radius 2 is 2.14 bits per heavy atom. The lowest BCUT2D eigenvalue weighted by atomic mass is 10.3. The summed E-state index contributed by atoms with van der Waals surface area (Å²) in [6.45, 7) is -0.0851. The van der Waals surface area contributed by atoms with E-state index in [2.05, 4.69) is 20.8 Å². The average molecular weight is 312 g/mol. The summed E-state index contributed by atoms with van der Waals surface area (Å²) in [7, 11) is 1.46. The van der Waals surface area contributed by atoms with Crippen LogP contribution in [0.2, 0.25) is 0 Å². The largest absolute Gasteiger partial charge is 0.347 e. The van der Waals surface area contributed by atoms with Gasteiger partial charge in [0, 0.05) is 32.4 Å². The summed E-state index contributed by atoms with van der Waals surface area (Å²) in [6.07, 6.45) is 2.87. The fraction of sp³-hybridized carbons (Fsp3) is 0.333. The Hall–Kier alpha value is -2.78. The van der Waals surface area contributed by atoms with Crippen LogP contribution in [0, 0.1) is 0 Å². The highest BCUT2D eigenvalue weighted by Gasteiger charge is 2.23. The lowest BCUT2D eigenvalue weighted by molar-refractivity contribution is 0.0219. The Balaban J connectivity index is 2.05. The second-order valence-electron chi connectivity index (χ2n) is 4.67. The second kappa shape index (κ2) is 5.92. The number of nitrogens with zero attached hydrogens (tertiary/aromatic N) is 4. The molecule has 22 heavy (non-hydrogen) atoms. The number of hydrogen-bond donors (Lipinski definition) is 2. The summed E-state index contributed by atoms with van der Waals surface area (Å²) in [5, 5.41) is 12.2. The van der Waals surface area contributed by atoms with E-state index in [1.807, 2.05) is 0 Å². The van der Waals surface area contributed by atoms with Gasteiger partial charge < -0.3 is 5.32 Å². The first kappa shape index (κ1) is 15.6. The summed E-state index contributed by atoms with van der Waals surface area (Å²) in [5.74, 6) is -3.61. The monoisotopic (exact) mass is 312 g/mol. The van der Waals surface area contributed by atoms with Crippen molar-refractivity contribution >= 4 is 17.8 Å². The number of hydrogen-bond acceptors (Lipinski definition) is 4. The van der Waals surface area contributed by atoms with Crippen LogP contribution in [0.25, 0.3) is 0 Å². The Labute approximate surface area is 124 Å². The van der Waals surface area contributed by atoms with Crippen LogP contribution >= 0.6 is 0 Å². The molecule has 10 heteroatoms. The highest BCUT2D eigenvalue weighted by Crippen LogP contribution is 2.11.